The second-order valence-electron chi connectivity index (χ2n) is 13.9. The molecule has 2 fully saturated rings. The maximum atomic E-state index is 17.0. The third kappa shape index (κ3) is 6.82. The smallest absolute Gasteiger partial charge is 0.319 e. The van der Waals surface area contributed by atoms with Crippen molar-refractivity contribution in [1.29, 1.82) is 0 Å². The van der Waals surface area contributed by atoms with E-state index in [0.717, 1.165) is 18.4 Å². The van der Waals surface area contributed by atoms with Gasteiger partial charge in [-0.2, -0.15) is 9.97 Å². The Balaban J connectivity index is 1.32. The zero-order valence-corrected chi connectivity index (χ0v) is 29.4. The third-order valence-electron chi connectivity index (χ3n) is 10.2. The molecule has 2 aliphatic rings. The molecule has 13 heteroatoms. The van der Waals surface area contributed by atoms with Crippen LogP contribution in [0, 0.1) is 24.0 Å². The lowest BCUT2D eigenvalue weighted by molar-refractivity contribution is -0.126. The molecule has 2 saturated heterocycles. The molecule has 272 valence electrons. The number of rotatable bonds is 10. The van der Waals surface area contributed by atoms with Crippen molar-refractivity contribution in [3.63, 3.8) is 0 Å². The third-order valence-corrected chi connectivity index (χ3v) is 10.2. The molecule has 0 spiro atoms. The highest BCUT2D eigenvalue weighted by Crippen LogP contribution is 2.39. The van der Waals surface area contributed by atoms with Crippen molar-refractivity contribution in [2.75, 3.05) is 38.2 Å². The van der Waals surface area contributed by atoms with Gasteiger partial charge in [-0.05, 0) is 61.1 Å². The fraction of sp³-hybridized carbons (Fsp3) is 0.325. The van der Waals surface area contributed by atoms with Crippen LogP contribution in [0.25, 0.3) is 32.9 Å². The number of hydrogen-bond donors (Lipinski definition) is 1. The summed E-state index contributed by atoms with van der Waals surface area (Å²) in [5, 5.41) is 11.4. The Bertz CT molecular complexity index is 2270. The maximum Gasteiger partial charge on any atom is 0.319 e. The lowest BCUT2D eigenvalue weighted by Gasteiger charge is -2.34. The lowest BCUT2D eigenvalue weighted by Crippen LogP contribution is -2.45. The monoisotopic (exact) mass is 721 g/mol. The van der Waals surface area contributed by atoms with Gasteiger partial charge >= 0.3 is 6.01 Å². The number of carbonyl (C=O) groups excluding carboxylic acids is 1. The van der Waals surface area contributed by atoms with Crippen molar-refractivity contribution in [3.8, 4) is 35.4 Å². The van der Waals surface area contributed by atoms with Crippen molar-refractivity contribution in [1.82, 2.24) is 29.7 Å². The highest BCUT2D eigenvalue weighted by atomic mass is 19.1. The first kappa shape index (κ1) is 35.7. The summed E-state index contributed by atoms with van der Waals surface area (Å²) in [5.74, 6) is 0.715. The van der Waals surface area contributed by atoms with E-state index in [0.29, 0.717) is 30.8 Å². The SMILES string of the molecule is C#Cc1c(F)ccc2cc(O)cc(-c3ncc4c(N(C)C[C@@H]5CCCN5C(=O)C=C)nc(OC[C@]5(C)C[C@@H](F)CN5Cc5cccnc5)nc4c3F)c12. The van der Waals surface area contributed by atoms with E-state index in [1.807, 2.05) is 24.0 Å². The summed E-state index contributed by atoms with van der Waals surface area (Å²) in [5.41, 5.74) is -0.229. The zero-order valence-electron chi connectivity index (χ0n) is 29.4. The van der Waals surface area contributed by atoms with E-state index >= 15 is 4.39 Å². The number of likely N-dealkylation sites (N-methyl/N-ethyl adjacent to an activating group) is 1. The number of amides is 1. The molecule has 0 aliphatic carbocycles. The van der Waals surface area contributed by atoms with Gasteiger partial charge in [0.2, 0.25) is 5.91 Å². The number of fused-ring (bicyclic) bond motifs is 2. The number of hydrogen-bond acceptors (Lipinski definition) is 9. The molecule has 0 bridgehead atoms. The van der Waals surface area contributed by atoms with Crippen molar-refractivity contribution in [2.45, 2.75) is 50.5 Å². The van der Waals surface area contributed by atoms with Gasteiger partial charge in [-0.15, -0.1) is 6.42 Å². The average molecular weight is 722 g/mol. The molecule has 3 aromatic heterocycles. The van der Waals surface area contributed by atoms with Gasteiger partial charge in [0.25, 0.3) is 0 Å². The molecule has 2 aromatic carbocycles. The molecule has 2 aliphatic heterocycles. The molecule has 3 atom stereocenters. The number of ether oxygens (including phenoxy) is 1. The zero-order chi connectivity index (χ0) is 37.4. The van der Waals surface area contributed by atoms with Gasteiger partial charge in [0, 0.05) is 75.2 Å². The van der Waals surface area contributed by atoms with Crippen LogP contribution >= 0.6 is 0 Å². The standard InChI is InChI=1S/C40H38F3N7O3/c1-5-29-32(42)12-11-25-15-28(51)16-30(34(25)29)36-35(43)37-31(19-45-36)38(48(4)22-27-10-8-14-50(27)33(52)6-2)47-39(46-37)53-23-40(3)17-26(41)21-49(40)20-24-9-7-13-44-18-24/h1,6-7,9,11-13,15-16,18-19,26-27,51H,2,8,10,14,17,20-23H2,3-4H3/t26-,27+,40+/m1/s1. The van der Waals surface area contributed by atoms with Crippen LogP contribution in [-0.2, 0) is 11.3 Å². The summed E-state index contributed by atoms with van der Waals surface area (Å²) in [4.78, 5) is 36.0. The molecule has 7 rings (SSSR count). The summed E-state index contributed by atoms with van der Waals surface area (Å²) in [6.45, 7) is 7.12. The Kier molecular flexibility index (Phi) is 9.65. The number of alkyl halides is 1. The van der Waals surface area contributed by atoms with E-state index in [2.05, 4.69) is 27.5 Å². The summed E-state index contributed by atoms with van der Waals surface area (Å²) in [6.07, 6.45) is 12.5. The molecule has 1 N–H and O–H groups in total. The molecule has 0 saturated carbocycles. The van der Waals surface area contributed by atoms with E-state index in [1.54, 1.807) is 29.2 Å². The minimum atomic E-state index is -1.09. The van der Waals surface area contributed by atoms with Crippen LogP contribution in [-0.4, -0.2) is 91.8 Å². The number of carbonyl (C=O) groups is 1. The summed E-state index contributed by atoms with van der Waals surface area (Å²) >= 11 is 0. The number of nitrogens with zero attached hydrogens (tertiary/aromatic N) is 7. The number of halogens is 3. The first-order chi connectivity index (χ1) is 25.5. The normalized spacial score (nSPS) is 20.2. The molecule has 0 unspecified atom stereocenters. The number of anilines is 1. The van der Waals surface area contributed by atoms with Gasteiger partial charge in [0.05, 0.1) is 16.5 Å². The van der Waals surface area contributed by atoms with Crippen LogP contribution in [0.15, 0.2) is 67.6 Å². The Morgan fingerprint density at radius 2 is 2.08 bits per heavy atom. The topological polar surface area (TPSA) is 108 Å². The fourth-order valence-corrected chi connectivity index (χ4v) is 7.62. The van der Waals surface area contributed by atoms with Crippen LogP contribution in [0.3, 0.4) is 0 Å². The molecular weight excluding hydrogens is 683 g/mol. The number of phenols is 1. The largest absolute Gasteiger partial charge is 0.508 e. The molecular formula is C40H38F3N7O3. The first-order valence-corrected chi connectivity index (χ1v) is 17.3. The number of aromatic hydroxyl groups is 1. The van der Waals surface area contributed by atoms with Crippen LogP contribution in [0.2, 0.25) is 0 Å². The van der Waals surface area contributed by atoms with Crippen molar-refractivity contribution >= 4 is 33.4 Å². The van der Waals surface area contributed by atoms with Gasteiger partial charge in [-0.3, -0.25) is 19.7 Å². The highest BCUT2D eigenvalue weighted by molar-refractivity contribution is 6.03. The Hall–Kier alpha value is -5.74. The number of terminal acetylenes is 1. The summed E-state index contributed by atoms with van der Waals surface area (Å²) in [7, 11) is 1.78. The summed E-state index contributed by atoms with van der Waals surface area (Å²) < 4.78 is 53.1. The van der Waals surface area contributed by atoms with Gasteiger partial charge in [-0.1, -0.05) is 24.6 Å². The fourth-order valence-electron chi connectivity index (χ4n) is 7.62. The second kappa shape index (κ2) is 14.4. The predicted molar refractivity (Wildman–Crippen MR) is 196 cm³/mol. The van der Waals surface area contributed by atoms with Gasteiger partial charge in [-0.25, -0.2) is 13.2 Å². The van der Waals surface area contributed by atoms with Gasteiger partial charge < -0.3 is 19.6 Å². The number of likely N-dealkylation sites (tertiary alicyclic amines) is 2. The summed E-state index contributed by atoms with van der Waals surface area (Å²) in [6, 6.07) is 8.76. The van der Waals surface area contributed by atoms with E-state index in [1.165, 1.54) is 36.5 Å². The number of benzene rings is 2. The average Bonchev–Trinajstić information content (AvgIpc) is 3.73. The van der Waals surface area contributed by atoms with Crippen LogP contribution in [0.5, 0.6) is 11.8 Å². The van der Waals surface area contributed by atoms with Crippen LogP contribution in [0.4, 0.5) is 19.0 Å². The van der Waals surface area contributed by atoms with E-state index in [4.69, 9.17) is 16.1 Å². The highest BCUT2D eigenvalue weighted by Gasteiger charge is 2.43. The van der Waals surface area contributed by atoms with E-state index < -0.39 is 23.3 Å². The first-order valence-electron chi connectivity index (χ1n) is 17.3. The lowest BCUT2D eigenvalue weighted by atomic mass is 9.96. The Labute approximate surface area is 304 Å². The molecule has 0 radical (unpaired) electrons. The number of pyridine rings is 2. The van der Waals surface area contributed by atoms with Gasteiger partial charge in [0.1, 0.15) is 41.4 Å². The quantitative estimate of drug-likeness (QED) is 0.133. The predicted octanol–water partition coefficient (Wildman–Crippen LogP) is 6.20. The van der Waals surface area contributed by atoms with Crippen molar-refractivity contribution in [2.24, 2.45) is 0 Å². The Morgan fingerprint density at radius 3 is 2.83 bits per heavy atom. The molecule has 53 heavy (non-hydrogen) atoms. The minimum Gasteiger partial charge on any atom is -0.508 e. The van der Waals surface area contributed by atoms with E-state index in [9.17, 15) is 18.7 Å². The van der Waals surface area contributed by atoms with E-state index in [-0.39, 0.29) is 76.4 Å². The second-order valence-corrected chi connectivity index (χ2v) is 13.9. The van der Waals surface area contributed by atoms with Crippen LogP contribution in [0.1, 0.15) is 37.3 Å². The number of phenolic OH excluding ortho intramolecular Hbond substituents is 1. The van der Waals surface area contributed by atoms with Gasteiger partial charge in [0.15, 0.2) is 5.82 Å². The van der Waals surface area contributed by atoms with Crippen molar-refractivity contribution < 1.29 is 27.8 Å². The van der Waals surface area contributed by atoms with Crippen LogP contribution < -0.4 is 9.64 Å². The molecule has 5 heterocycles. The molecule has 10 nitrogen and oxygen atoms in total. The maximum absolute atomic E-state index is 17.0. The minimum absolute atomic E-state index is 0.00581. The Morgan fingerprint density at radius 1 is 1.25 bits per heavy atom. The molecule has 5 aromatic rings. The molecule has 1 amide bonds. The van der Waals surface area contributed by atoms with Crippen molar-refractivity contribution in [3.05, 3.63) is 90.4 Å². The number of aromatic nitrogens is 4.